The van der Waals surface area contributed by atoms with Crippen LogP contribution in [0.5, 0.6) is 0 Å². The van der Waals surface area contributed by atoms with E-state index >= 15 is 0 Å². The Bertz CT molecular complexity index is 601. The molecule has 0 unspecified atom stereocenters. The number of hydrogen-bond acceptors (Lipinski definition) is 6. The predicted octanol–water partition coefficient (Wildman–Crippen LogP) is 3.51. The second-order valence-electron chi connectivity index (χ2n) is 4.71. The van der Waals surface area contributed by atoms with Gasteiger partial charge < -0.3 is 10.2 Å². The number of thiophene rings is 1. The molecule has 6 nitrogen and oxygen atoms in total. The number of rotatable bonds is 7. The molecule has 1 N–H and O–H groups in total. The van der Waals surface area contributed by atoms with Crippen molar-refractivity contribution in [2.45, 2.75) is 19.9 Å². The molecule has 0 aliphatic rings. The molecule has 0 bridgehead atoms. The lowest BCUT2D eigenvalue weighted by molar-refractivity contribution is -0.384. The zero-order chi connectivity index (χ0) is 15.2. The first-order valence-electron chi connectivity index (χ1n) is 6.73. The van der Waals surface area contributed by atoms with Crippen molar-refractivity contribution in [2.75, 3.05) is 23.8 Å². The van der Waals surface area contributed by atoms with Crippen LogP contribution in [0.4, 0.5) is 17.3 Å². The van der Waals surface area contributed by atoms with Crippen molar-refractivity contribution >= 4 is 28.7 Å². The lowest BCUT2D eigenvalue weighted by Crippen LogP contribution is -2.19. The van der Waals surface area contributed by atoms with Gasteiger partial charge in [-0.05, 0) is 34.9 Å². The molecule has 2 aromatic heterocycles. The van der Waals surface area contributed by atoms with Crippen molar-refractivity contribution in [3.8, 4) is 0 Å². The molecule has 0 atom stereocenters. The van der Waals surface area contributed by atoms with Crippen LogP contribution in [0.25, 0.3) is 0 Å². The number of pyridine rings is 1. The maximum Gasteiger partial charge on any atom is 0.311 e. The van der Waals surface area contributed by atoms with Crippen LogP contribution < -0.4 is 10.2 Å². The van der Waals surface area contributed by atoms with Crippen LogP contribution in [0.3, 0.4) is 0 Å². The molecule has 7 heteroatoms. The molecule has 0 radical (unpaired) electrons. The number of nitro groups is 1. The first-order valence-corrected chi connectivity index (χ1v) is 7.67. The van der Waals surface area contributed by atoms with E-state index in [1.54, 1.807) is 22.3 Å². The van der Waals surface area contributed by atoms with Gasteiger partial charge in [0.2, 0.25) is 5.82 Å². The van der Waals surface area contributed by atoms with Crippen LogP contribution in [-0.4, -0.2) is 23.5 Å². The molecular formula is C14H18N4O2S. The number of anilines is 2. The normalized spacial score (nSPS) is 10.4. The van der Waals surface area contributed by atoms with Gasteiger partial charge in [-0.3, -0.25) is 10.1 Å². The highest BCUT2D eigenvalue weighted by molar-refractivity contribution is 7.07. The first kappa shape index (κ1) is 15.2. The Morgan fingerprint density at radius 1 is 1.43 bits per heavy atom. The van der Waals surface area contributed by atoms with E-state index in [9.17, 15) is 10.1 Å². The van der Waals surface area contributed by atoms with Gasteiger partial charge in [0.05, 0.1) is 4.92 Å². The van der Waals surface area contributed by atoms with E-state index in [-0.39, 0.29) is 5.69 Å². The number of nitrogens with one attached hydrogen (secondary N) is 1. The number of nitrogens with zero attached hydrogens (tertiary/aromatic N) is 3. The van der Waals surface area contributed by atoms with Gasteiger partial charge in [0.15, 0.2) is 0 Å². The molecule has 0 saturated heterocycles. The maximum absolute atomic E-state index is 11.2. The van der Waals surface area contributed by atoms with Gasteiger partial charge in [-0.15, -0.1) is 0 Å². The van der Waals surface area contributed by atoms with Crippen LogP contribution in [0.1, 0.15) is 18.9 Å². The third-order valence-corrected chi connectivity index (χ3v) is 3.70. The standard InChI is InChI=1S/C14H18N4O2S/c1-3-7-15-13-5-4-12(18(19)20)14(16-13)17(2)9-11-6-8-21-10-11/h4-6,8,10H,3,7,9H2,1-2H3,(H,15,16). The second kappa shape index (κ2) is 7.03. The third kappa shape index (κ3) is 3.91. The van der Waals surface area contributed by atoms with Gasteiger partial charge in [0.25, 0.3) is 0 Å². The van der Waals surface area contributed by atoms with E-state index in [0.717, 1.165) is 18.5 Å². The van der Waals surface area contributed by atoms with Crippen LogP contribution in [0.15, 0.2) is 29.0 Å². The Balaban J connectivity index is 2.26. The van der Waals surface area contributed by atoms with Gasteiger partial charge in [-0.2, -0.15) is 11.3 Å². The lowest BCUT2D eigenvalue weighted by atomic mass is 10.3. The summed E-state index contributed by atoms with van der Waals surface area (Å²) in [4.78, 5) is 17.0. The Labute approximate surface area is 127 Å². The summed E-state index contributed by atoms with van der Waals surface area (Å²) in [5.74, 6) is 1.04. The average Bonchev–Trinajstić information content (AvgIpc) is 2.97. The fourth-order valence-electron chi connectivity index (χ4n) is 1.95. The summed E-state index contributed by atoms with van der Waals surface area (Å²) in [5, 5.41) is 18.4. The second-order valence-corrected chi connectivity index (χ2v) is 5.49. The molecule has 2 rings (SSSR count). The summed E-state index contributed by atoms with van der Waals surface area (Å²) >= 11 is 1.61. The minimum atomic E-state index is -0.393. The smallest absolute Gasteiger partial charge is 0.311 e. The van der Waals surface area contributed by atoms with E-state index in [2.05, 4.69) is 17.2 Å². The van der Waals surface area contributed by atoms with Crippen molar-refractivity contribution in [3.63, 3.8) is 0 Å². The minimum Gasteiger partial charge on any atom is -0.370 e. The number of hydrogen-bond donors (Lipinski definition) is 1. The summed E-state index contributed by atoms with van der Waals surface area (Å²) in [6, 6.07) is 5.16. The molecule has 0 spiro atoms. The van der Waals surface area contributed by atoms with Crippen molar-refractivity contribution in [1.82, 2.24) is 4.98 Å². The van der Waals surface area contributed by atoms with Crippen molar-refractivity contribution < 1.29 is 4.92 Å². The summed E-state index contributed by atoms with van der Waals surface area (Å²) in [7, 11) is 1.82. The summed E-state index contributed by atoms with van der Waals surface area (Å²) < 4.78 is 0. The molecule has 0 amide bonds. The Morgan fingerprint density at radius 2 is 2.24 bits per heavy atom. The molecule has 2 heterocycles. The van der Waals surface area contributed by atoms with Crippen molar-refractivity contribution in [1.29, 1.82) is 0 Å². The van der Waals surface area contributed by atoms with Crippen molar-refractivity contribution in [3.05, 3.63) is 44.6 Å². The topological polar surface area (TPSA) is 71.3 Å². The molecule has 0 aliphatic carbocycles. The fourth-order valence-corrected chi connectivity index (χ4v) is 2.61. The Hall–Kier alpha value is -2.15. The highest BCUT2D eigenvalue weighted by Gasteiger charge is 2.19. The highest BCUT2D eigenvalue weighted by Crippen LogP contribution is 2.28. The maximum atomic E-state index is 11.2. The Morgan fingerprint density at radius 3 is 2.86 bits per heavy atom. The monoisotopic (exact) mass is 306 g/mol. The molecule has 0 fully saturated rings. The SMILES string of the molecule is CCCNc1ccc([N+](=O)[O-])c(N(C)Cc2ccsc2)n1. The molecule has 0 aromatic carbocycles. The first-order chi connectivity index (χ1) is 10.1. The predicted molar refractivity (Wildman–Crippen MR) is 86.1 cm³/mol. The van der Waals surface area contributed by atoms with Crippen LogP contribution in [-0.2, 0) is 6.54 Å². The summed E-state index contributed by atoms with van der Waals surface area (Å²) in [6.07, 6.45) is 0.971. The average molecular weight is 306 g/mol. The van der Waals surface area contributed by atoms with E-state index in [1.807, 2.05) is 23.9 Å². The largest absolute Gasteiger partial charge is 0.370 e. The zero-order valence-electron chi connectivity index (χ0n) is 12.1. The highest BCUT2D eigenvalue weighted by atomic mass is 32.1. The molecule has 2 aromatic rings. The third-order valence-electron chi connectivity index (χ3n) is 2.97. The van der Waals surface area contributed by atoms with E-state index in [4.69, 9.17) is 0 Å². The van der Waals surface area contributed by atoms with Crippen LogP contribution in [0, 0.1) is 10.1 Å². The van der Waals surface area contributed by atoms with Crippen LogP contribution >= 0.6 is 11.3 Å². The molecule has 112 valence electrons. The van der Waals surface area contributed by atoms with Gasteiger partial charge in [-0.25, -0.2) is 4.98 Å². The van der Waals surface area contributed by atoms with Crippen molar-refractivity contribution in [2.24, 2.45) is 0 Å². The molecular weight excluding hydrogens is 288 g/mol. The van der Waals surface area contributed by atoms with E-state index in [0.29, 0.717) is 18.2 Å². The fraction of sp³-hybridized carbons (Fsp3) is 0.357. The summed E-state index contributed by atoms with van der Waals surface area (Å²) in [5.41, 5.74) is 1.14. The van der Waals surface area contributed by atoms with E-state index in [1.165, 1.54) is 6.07 Å². The minimum absolute atomic E-state index is 0.0229. The van der Waals surface area contributed by atoms with Gasteiger partial charge in [0, 0.05) is 26.2 Å². The molecule has 0 aliphatic heterocycles. The summed E-state index contributed by atoms with van der Waals surface area (Å²) in [6.45, 7) is 3.44. The lowest BCUT2D eigenvalue weighted by Gasteiger charge is -2.18. The Kier molecular flexibility index (Phi) is 5.10. The molecule has 21 heavy (non-hydrogen) atoms. The van der Waals surface area contributed by atoms with Gasteiger partial charge in [-0.1, -0.05) is 6.92 Å². The zero-order valence-corrected chi connectivity index (χ0v) is 12.9. The quantitative estimate of drug-likeness (QED) is 0.626. The number of aromatic nitrogens is 1. The van der Waals surface area contributed by atoms with Gasteiger partial charge >= 0.3 is 5.69 Å². The molecule has 0 saturated carbocycles. The van der Waals surface area contributed by atoms with E-state index < -0.39 is 4.92 Å². The van der Waals surface area contributed by atoms with Gasteiger partial charge in [0.1, 0.15) is 5.82 Å². The van der Waals surface area contributed by atoms with Crippen LogP contribution in [0.2, 0.25) is 0 Å².